The van der Waals surface area contributed by atoms with Gasteiger partial charge in [0.25, 0.3) is 11.5 Å². The van der Waals surface area contributed by atoms with Gasteiger partial charge in [0.15, 0.2) is 11.5 Å². The summed E-state index contributed by atoms with van der Waals surface area (Å²) in [6.45, 7) is 1.36. The van der Waals surface area contributed by atoms with Crippen LogP contribution in [0.3, 0.4) is 0 Å². The maximum absolute atomic E-state index is 13.2. The van der Waals surface area contributed by atoms with Crippen LogP contribution in [-0.2, 0) is 17.8 Å². The van der Waals surface area contributed by atoms with E-state index >= 15 is 0 Å². The Labute approximate surface area is 221 Å². The Kier molecular flexibility index (Phi) is 7.80. The summed E-state index contributed by atoms with van der Waals surface area (Å²) in [6, 6.07) is 11.3. The molecule has 2 aromatic carbocycles. The van der Waals surface area contributed by atoms with E-state index in [0.29, 0.717) is 16.9 Å². The summed E-state index contributed by atoms with van der Waals surface area (Å²) in [6.07, 6.45) is 5.54. The van der Waals surface area contributed by atoms with E-state index in [1.54, 1.807) is 37.3 Å². The Morgan fingerprint density at radius 3 is 2.68 bits per heavy atom. The maximum atomic E-state index is 13.2. The Hall–Kier alpha value is -4.60. The van der Waals surface area contributed by atoms with Crippen LogP contribution in [0, 0.1) is 19.3 Å². The van der Waals surface area contributed by atoms with E-state index in [0.717, 1.165) is 0 Å². The fraction of sp³-hybridized carbons (Fsp3) is 0.240. The molecule has 0 saturated heterocycles. The molecule has 0 saturated carbocycles. The van der Waals surface area contributed by atoms with E-state index in [4.69, 9.17) is 18.0 Å². The largest absolute Gasteiger partial charge is 0.478 e. The van der Waals surface area contributed by atoms with Crippen LogP contribution < -0.4 is 10.9 Å². The average molecular weight is 535 g/mol. The molecule has 2 heterocycles. The second kappa shape index (κ2) is 11.2. The fourth-order valence-corrected chi connectivity index (χ4v) is 4.33. The van der Waals surface area contributed by atoms with Gasteiger partial charge >= 0.3 is 5.97 Å². The Morgan fingerprint density at radius 2 is 2.03 bits per heavy atom. The normalized spacial score (nSPS) is 12.7. The molecule has 1 unspecified atom stereocenters. The number of aromatic amines is 2. The van der Waals surface area contributed by atoms with Crippen molar-refractivity contribution in [2.24, 2.45) is 0 Å². The zero-order valence-electron chi connectivity index (χ0n) is 20.2. The van der Waals surface area contributed by atoms with Gasteiger partial charge in [0, 0.05) is 30.0 Å². The Balaban J connectivity index is 1.79. The molecule has 194 valence electrons. The molecule has 4 rings (SSSR count). The van der Waals surface area contributed by atoms with Crippen LogP contribution in [0.1, 0.15) is 34.0 Å². The smallest absolute Gasteiger partial charge is 0.345 e. The van der Waals surface area contributed by atoms with Gasteiger partial charge < -0.3 is 15.4 Å². The van der Waals surface area contributed by atoms with Crippen LogP contribution in [-0.4, -0.2) is 64.7 Å². The number of H-pyrrole nitrogens is 2. The highest BCUT2D eigenvalue weighted by molar-refractivity contribution is 6.32. The summed E-state index contributed by atoms with van der Waals surface area (Å²) in [5.74, 6) is 1.17. The lowest BCUT2D eigenvalue weighted by Crippen LogP contribution is -2.65. The number of aromatic nitrogens is 6. The average Bonchev–Trinajstić information content (AvgIpc) is 3.41. The van der Waals surface area contributed by atoms with E-state index in [1.807, 2.05) is 0 Å². The molecule has 0 aliphatic rings. The lowest BCUT2D eigenvalue weighted by molar-refractivity contribution is -0.154. The van der Waals surface area contributed by atoms with Crippen molar-refractivity contribution in [2.45, 2.75) is 32.0 Å². The highest BCUT2D eigenvalue weighted by atomic mass is 35.5. The highest BCUT2D eigenvalue weighted by Crippen LogP contribution is 2.28. The van der Waals surface area contributed by atoms with Crippen LogP contribution in [0.25, 0.3) is 10.9 Å². The molecule has 0 radical (unpaired) electrons. The van der Waals surface area contributed by atoms with E-state index < -0.39 is 17.5 Å². The predicted molar refractivity (Wildman–Crippen MR) is 138 cm³/mol. The van der Waals surface area contributed by atoms with E-state index in [9.17, 15) is 19.5 Å². The first-order chi connectivity index (χ1) is 18.2. The third-order valence-corrected chi connectivity index (χ3v) is 6.34. The molecule has 38 heavy (non-hydrogen) atoms. The monoisotopic (exact) mass is 534 g/mol. The predicted octanol–water partition coefficient (Wildman–Crippen LogP) is 1.68. The van der Waals surface area contributed by atoms with Crippen LogP contribution in [0.15, 0.2) is 47.3 Å². The molecule has 13 heteroatoms. The third kappa shape index (κ3) is 5.54. The molecule has 1 amide bonds. The first-order valence-electron chi connectivity index (χ1n) is 11.4. The van der Waals surface area contributed by atoms with E-state index in [2.05, 4.69) is 41.8 Å². The number of carboxylic acids is 1. The van der Waals surface area contributed by atoms with Gasteiger partial charge in [0.05, 0.1) is 17.4 Å². The quantitative estimate of drug-likeness (QED) is 0.174. The van der Waals surface area contributed by atoms with Crippen LogP contribution in [0.5, 0.6) is 0 Å². The molecule has 0 aliphatic carbocycles. The zero-order chi connectivity index (χ0) is 27.3. The second-order valence-electron chi connectivity index (χ2n) is 8.49. The van der Waals surface area contributed by atoms with Crippen molar-refractivity contribution in [2.75, 3.05) is 6.54 Å². The first-order valence-corrected chi connectivity index (χ1v) is 11.8. The summed E-state index contributed by atoms with van der Waals surface area (Å²) >= 11 is 6.54. The number of terminal acetylenes is 1. The van der Waals surface area contributed by atoms with Gasteiger partial charge in [0.2, 0.25) is 0 Å². The molecule has 4 aromatic rings. The van der Waals surface area contributed by atoms with Crippen molar-refractivity contribution in [3.05, 3.63) is 80.6 Å². The minimum atomic E-state index is -2.00. The maximum Gasteiger partial charge on any atom is 0.345 e. The second-order valence-corrected chi connectivity index (χ2v) is 8.89. The summed E-state index contributed by atoms with van der Waals surface area (Å²) < 4.78 is 0. The number of hydrogen-bond acceptors (Lipinski definition) is 8. The van der Waals surface area contributed by atoms with Crippen molar-refractivity contribution in [1.82, 2.24) is 40.8 Å². The van der Waals surface area contributed by atoms with Gasteiger partial charge in [0.1, 0.15) is 5.82 Å². The molecule has 0 bridgehead atoms. The van der Waals surface area contributed by atoms with Crippen LogP contribution in [0.2, 0.25) is 5.02 Å². The number of tetrazole rings is 1. The number of aryl methyl sites for hydroxylation is 2. The fourth-order valence-electron chi connectivity index (χ4n) is 4.11. The molecule has 4 N–H and O–H groups in total. The number of carbonyl (C=O) groups is 2. The number of carbonyl (C=O) groups excluding carboxylic acids is 1. The highest BCUT2D eigenvalue weighted by Gasteiger charge is 2.46. The number of fused-ring (bicyclic) bond motifs is 1. The molecule has 0 fully saturated rings. The lowest BCUT2D eigenvalue weighted by atomic mass is 9.98. The minimum absolute atomic E-state index is 0.0489. The van der Waals surface area contributed by atoms with Gasteiger partial charge in [-0.25, -0.2) is 9.78 Å². The van der Waals surface area contributed by atoms with Crippen LogP contribution >= 0.6 is 11.6 Å². The van der Waals surface area contributed by atoms with E-state index in [1.165, 1.54) is 17.0 Å². The summed E-state index contributed by atoms with van der Waals surface area (Å²) in [7, 11) is 0. The lowest BCUT2D eigenvalue weighted by Gasteiger charge is -2.40. The molecule has 1 atom stereocenters. The van der Waals surface area contributed by atoms with E-state index in [-0.39, 0.29) is 53.3 Å². The topological polar surface area (TPSA) is 170 Å². The third-order valence-electron chi connectivity index (χ3n) is 5.98. The SMILES string of the molecule is C#CCN(Cc1cc2c(=O)[nH]c(C)nc2cc1Cl)C(CCc1nn[nH]n1)(NC(=O)c1ccccc1)C(=O)O. The summed E-state index contributed by atoms with van der Waals surface area (Å²) in [5.41, 5.74) is -1.30. The van der Waals surface area contributed by atoms with Gasteiger partial charge in [-0.1, -0.05) is 40.9 Å². The number of aliphatic carboxylic acids is 1. The number of hydrogen-bond donors (Lipinski definition) is 4. The minimum Gasteiger partial charge on any atom is -0.478 e. The standard InChI is InChI=1S/C25H23ClN8O4/c1-3-11-34(14-17-12-18-20(13-19(17)26)27-15(2)28-23(18)36)25(24(37)38,10-9-21-30-32-33-31-21)29-22(35)16-7-5-4-6-8-16/h1,4-8,12-13H,9-11,14H2,2H3,(H,29,35)(H,37,38)(H,27,28,36)(H,30,31,32,33). The Morgan fingerprint density at radius 1 is 1.26 bits per heavy atom. The number of rotatable bonds is 10. The molecular formula is C25H23ClN8O4. The van der Waals surface area contributed by atoms with Crippen molar-refractivity contribution in [3.63, 3.8) is 0 Å². The Bertz CT molecular complexity index is 1570. The number of benzene rings is 2. The number of halogens is 1. The van der Waals surface area contributed by atoms with Gasteiger partial charge in [-0.3, -0.25) is 14.5 Å². The van der Waals surface area contributed by atoms with Gasteiger partial charge in [-0.15, -0.1) is 16.6 Å². The van der Waals surface area contributed by atoms with Gasteiger partial charge in [-0.05, 0) is 36.8 Å². The summed E-state index contributed by atoms with van der Waals surface area (Å²) in [4.78, 5) is 47.1. The first kappa shape index (κ1) is 26.5. The van der Waals surface area contributed by atoms with Gasteiger partial charge in [-0.2, -0.15) is 5.21 Å². The number of nitrogens with zero attached hydrogens (tertiary/aromatic N) is 5. The van der Waals surface area contributed by atoms with Crippen molar-refractivity contribution >= 4 is 34.4 Å². The molecule has 0 aliphatic heterocycles. The van der Waals surface area contributed by atoms with Crippen molar-refractivity contribution < 1.29 is 14.7 Å². The van der Waals surface area contributed by atoms with Crippen LogP contribution in [0.4, 0.5) is 0 Å². The molecular weight excluding hydrogens is 512 g/mol. The zero-order valence-corrected chi connectivity index (χ0v) is 21.0. The van der Waals surface area contributed by atoms with Crippen molar-refractivity contribution in [1.29, 1.82) is 0 Å². The number of nitrogens with one attached hydrogen (secondary N) is 3. The van der Waals surface area contributed by atoms with Crippen molar-refractivity contribution in [3.8, 4) is 12.3 Å². The molecule has 12 nitrogen and oxygen atoms in total. The number of carboxylic acid groups (broad SMARTS) is 1. The molecule has 0 spiro atoms. The number of amides is 1. The summed E-state index contributed by atoms with van der Waals surface area (Å²) in [5, 5.41) is 27.4. The molecule has 2 aromatic heterocycles.